The van der Waals surface area contributed by atoms with Crippen LogP contribution in [0.1, 0.15) is 31.9 Å². The molecule has 0 saturated carbocycles. The fourth-order valence-electron chi connectivity index (χ4n) is 2.66. The number of carbonyl (C=O) groups is 2. The van der Waals surface area contributed by atoms with Gasteiger partial charge in [0.05, 0.1) is 5.69 Å². The SMILES string of the molecule is CC(C)(C)OC(=O)NC(Cc1ccc(NS(=O)(=O)O)cc1)C(=O)NCc1ccccc1. The zero-order chi connectivity index (χ0) is 23.1. The molecule has 0 aliphatic heterocycles. The lowest BCUT2D eigenvalue weighted by molar-refractivity contribution is -0.123. The van der Waals surface area contributed by atoms with E-state index in [1.807, 2.05) is 35.1 Å². The second-order valence-corrected chi connectivity index (χ2v) is 9.03. The Morgan fingerprint density at radius 1 is 1.00 bits per heavy atom. The van der Waals surface area contributed by atoms with Crippen molar-refractivity contribution >= 4 is 28.0 Å². The Morgan fingerprint density at radius 3 is 2.16 bits per heavy atom. The Balaban J connectivity index is 2.10. The standard InChI is InChI=1S/C21H27N3O6S/c1-21(2,3)30-20(26)23-18(19(25)22-14-16-7-5-4-6-8-16)13-15-9-11-17(12-10-15)24-31(27,28)29/h4-12,18,24H,13-14H2,1-3H3,(H,22,25)(H,23,26)(H,27,28,29). The molecule has 0 aliphatic rings. The molecule has 0 aromatic heterocycles. The maximum Gasteiger partial charge on any atom is 0.408 e. The van der Waals surface area contributed by atoms with Crippen LogP contribution in [-0.2, 0) is 32.8 Å². The third-order valence-corrected chi connectivity index (χ3v) is 4.45. The van der Waals surface area contributed by atoms with Gasteiger partial charge >= 0.3 is 16.4 Å². The number of rotatable bonds is 8. The average Bonchev–Trinajstić information content (AvgIpc) is 2.65. The van der Waals surface area contributed by atoms with Crippen molar-refractivity contribution in [3.05, 3.63) is 65.7 Å². The number of amides is 2. The van der Waals surface area contributed by atoms with Crippen LogP contribution in [-0.4, -0.2) is 36.6 Å². The van der Waals surface area contributed by atoms with Crippen LogP contribution in [0, 0.1) is 0 Å². The van der Waals surface area contributed by atoms with Gasteiger partial charge < -0.3 is 15.4 Å². The first-order valence-electron chi connectivity index (χ1n) is 9.56. The van der Waals surface area contributed by atoms with Crippen LogP contribution in [0.2, 0.25) is 0 Å². The third-order valence-electron chi connectivity index (χ3n) is 3.96. The zero-order valence-electron chi connectivity index (χ0n) is 17.6. The number of alkyl carbamates (subject to hydrolysis) is 1. The fraction of sp³-hybridized carbons (Fsp3) is 0.333. The Kier molecular flexibility index (Phi) is 8.01. The highest BCUT2D eigenvalue weighted by Crippen LogP contribution is 2.13. The summed E-state index contributed by atoms with van der Waals surface area (Å²) in [5.74, 6) is -0.394. The Morgan fingerprint density at radius 2 is 1.61 bits per heavy atom. The number of anilines is 1. The lowest BCUT2D eigenvalue weighted by Gasteiger charge is -2.23. The predicted octanol–water partition coefficient (Wildman–Crippen LogP) is 2.65. The van der Waals surface area contributed by atoms with Crippen molar-refractivity contribution in [2.24, 2.45) is 0 Å². The Labute approximate surface area is 182 Å². The van der Waals surface area contributed by atoms with Gasteiger partial charge in [0.1, 0.15) is 11.6 Å². The van der Waals surface area contributed by atoms with Crippen molar-refractivity contribution < 1.29 is 27.3 Å². The predicted molar refractivity (Wildman–Crippen MR) is 117 cm³/mol. The molecule has 1 unspecified atom stereocenters. The number of hydrogen-bond donors (Lipinski definition) is 4. The van der Waals surface area contributed by atoms with Crippen LogP contribution in [0.15, 0.2) is 54.6 Å². The number of nitrogens with one attached hydrogen (secondary N) is 3. The van der Waals surface area contributed by atoms with E-state index >= 15 is 0 Å². The summed E-state index contributed by atoms with van der Waals surface area (Å²) in [7, 11) is -4.38. The van der Waals surface area contributed by atoms with Crippen LogP contribution in [0.5, 0.6) is 0 Å². The smallest absolute Gasteiger partial charge is 0.408 e. The van der Waals surface area contributed by atoms with E-state index < -0.39 is 33.9 Å². The molecule has 0 radical (unpaired) electrons. The van der Waals surface area contributed by atoms with E-state index in [-0.39, 0.29) is 12.1 Å². The summed E-state index contributed by atoms with van der Waals surface area (Å²) in [6, 6.07) is 14.5. The molecule has 0 heterocycles. The van der Waals surface area contributed by atoms with E-state index in [0.29, 0.717) is 12.1 Å². The van der Waals surface area contributed by atoms with Crippen molar-refractivity contribution in [3.63, 3.8) is 0 Å². The second-order valence-electron chi connectivity index (χ2n) is 7.88. The molecule has 1 atom stereocenters. The maximum atomic E-state index is 12.8. The number of carbonyl (C=O) groups excluding carboxylic acids is 2. The Bertz CT molecular complexity index is 986. The molecule has 4 N–H and O–H groups in total. The normalized spacial score (nSPS) is 12.5. The molecule has 0 spiro atoms. The summed E-state index contributed by atoms with van der Waals surface area (Å²) in [6.07, 6.45) is -0.580. The van der Waals surface area contributed by atoms with Gasteiger partial charge in [0.15, 0.2) is 0 Å². The first kappa shape index (κ1) is 24.2. The molecular weight excluding hydrogens is 422 g/mol. The molecule has 0 aliphatic carbocycles. The van der Waals surface area contributed by atoms with Gasteiger partial charge in [-0.15, -0.1) is 0 Å². The van der Waals surface area contributed by atoms with E-state index in [2.05, 4.69) is 10.6 Å². The lowest BCUT2D eigenvalue weighted by Crippen LogP contribution is -2.49. The highest BCUT2D eigenvalue weighted by Gasteiger charge is 2.24. The summed E-state index contributed by atoms with van der Waals surface area (Å²) >= 11 is 0. The molecule has 2 rings (SSSR count). The summed E-state index contributed by atoms with van der Waals surface area (Å²) in [6.45, 7) is 5.46. The maximum absolute atomic E-state index is 12.8. The van der Waals surface area contributed by atoms with Gasteiger partial charge in [0.2, 0.25) is 5.91 Å². The fourth-order valence-corrected chi connectivity index (χ4v) is 3.09. The van der Waals surface area contributed by atoms with Crippen LogP contribution >= 0.6 is 0 Å². The minimum Gasteiger partial charge on any atom is -0.444 e. The first-order valence-corrected chi connectivity index (χ1v) is 11.0. The Hall–Kier alpha value is -3.11. The number of hydrogen-bond acceptors (Lipinski definition) is 5. The minimum absolute atomic E-state index is 0.145. The van der Waals surface area contributed by atoms with Crippen molar-refractivity contribution in [2.75, 3.05) is 4.72 Å². The van der Waals surface area contributed by atoms with E-state index in [1.54, 1.807) is 32.9 Å². The van der Waals surface area contributed by atoms with Crippen LogP contribution in [0.4, 0.5) is 10.5 Å². The van der Waals surface area contributed by atoms with E-state index in [0.717, 1.165) is 5.56 Å². The molecule has 168 valence electrons. The van der Waals surface area contributed by atoms with Gasteiger partial charge in [-0.25, -0.2) is 4.79 Å². The second kappa shape index (κ2) is 10.3. The highest BCUT2D eigenvalue weighted by molar-refractivity contribution is 7.87. The molecular formula is C21H27N3O6S. The molecule has 2 amide bonds. The summed E-state index contributed by atoms with van der Waals surface area (Å²) in [4.78, 5) is 25.0. The van der Waals surface area contributed by atoms with E-state index in [9.17, 15) is 18.0 Å². The van der Waals surface area contributed by atoms with Crippen LogP contribution < -0.4 is 15.4 Å². The van der Waals surface area contributed by atoms with Crippen LogP contribution in [0.25, 0.3) is 0 Å². The molecule has 0 bridgehead atoms. The van der Waals surface area contributed by atoms with Crippen molar-refractivity contribution in [3.8, 4) is 0 Å². The largest absolute Gasteiger partial charge is 0.444 e. The molecule has 2 aromatic rings. The number of benzene rings is 2. The third kappa shape index (κ3) is 9.49. The summed E-state index contributed by atoms with van der Waals surface area (Å²) < 4.78 is 37.9. The van der Waals surface area contributed by atoms with Gasteiger partial charge in [-0.05, 0) is 44.0 Å². The average molecular weight is 450 g/mol. The van der Waals surface area contributed by atoms with E-state index in [1.165, 1.54) is 12.1 Å². The van der Waals surface area contributed by atoms with Gasteiger partial charge in [0, 0.05) is 13.0 Å². The molecule has 9 nitrogen and oxygen atoms in total. The summed E-state index contributed by atoms with van der Waals surface area (Å²) in [5, 5.41) is 5.38. The van der Waals surface area contributed by atoms with Gasteiger partial charge in [0.25, 0.3) is 0 Å². The quantitative estimate of drug-likeness (QED) is 0.458. The molecule has 0 saturated heterocycles. The number of ether oxygens (including phenoxy) is 1. The van der Waals surface area contributed by atoms with Crippen LogP contribution in [0.3, 0.4) is 0 Å². The highest BCUT2D eigenvalue weighted by atomic mass is 32.2. The van der Waals surface area contributed by atoms with Gasteiger partial charge in [-0.3, -0.25) is 14.1 Å². The van der Waals surface area contributed by atoms with Gasteiger partial charge in [-0.2, -0.15) is 8.42 Å². The molecule has 0 fully saturated rings. The van der Waals surface area contributed by atoms with Gasteiger partial charge in [-0.1, -0.05) is 42.5 Å². The topological polar surface area (TPSA) is 134 Å². The molecule has 31 heavy (non-hydrogen) atoms. The lowest BCUT2D eigenvalue weighted by atomic mass is 10.0. The van der Waals surface area contributed by atoms with Crippen molar-refractivity contribution in [1.29, 1.82) is 0 Å². The van der Waals surface area contributed by atoms with Crippen molar-refractivity contribution in [1.82, 2.24) is 10.6 Å². The molecule has 2 aromatic carbocycles. The van der Waals surface area contributed by atoms with Crippen molar-refractivity contribution in [2.45, 2.75) is 45.4 Å². The monoisotopic (exact) mass is 449 g/mol. The summed E-state index contributed by atoms with van der Waals surface area (Å²) in [5.41, 5.74) is 1.01. The minimum atomic E-state index is -4.38. The first-order chi connectivity index (χ1) is 14.4. The zero-order valence-corrected chi connectivity index (χ0v) is 18.4. The molecule has 10 heteroatoms. The van der Waals surface area contributed by atoms with E-state index in [4.69, 9.17) is 9.29 Å².